The second-order valence-electron chi connectivity index (χ2n) is 10.5. The number of benzene rings is 2. The Morgan fingerprint density at radius 2 is 1.46 bits per heavy atom. The van der Waals surface area contributed by atoms with Gasteiger partial charge in [-0.2, -0.15) is 0 Å². The number of carbonyl (C=O) groups excluding carboxylic acids is 2. The third kappa shape index (κ3) is 5.47. The molecule has 4 nitrogen and oxygen atoms in total. The van der Waals surface area contributed by atoms with E-state index < -0.39 is 0 Å². The maximum Gasteiger partial charge on any atom is 0.227 e. The van der Waals surface area contributed by atoms with Gasteiger partial charge in [-0.25, -0.2) is 4.99 Å². The maximum absolute atomic E-state index is 12.8. The van der Waals surface area contributed by atoms with Crippen LogP contribution in [0.1, 0.15) is 87.3 Å². The fourth-order valence-corrected chi connectivity index (χ4v) is 5.86. The van der Waals surface area contributed by atoms with Crippen LogP contribution in [-0.4, -0.2) is 17.4 Å². The summed E-state index contributed by atoms with van der Waals surface area (Å²) in [4.78, 5) is 30.3. The molecule has 2 saturated carbocycles. The van der Waals surface area contributed by atoms with E-state index >= 15 is 0 Å². The molecule has 2 aromatic carbocycles. The average Bonchev–Trinajstić information content (AvgIpc) is 3.04. The number of nitrogens with zero attached hydrogens (tertiary/aromatic N) is 1. The summed E-state index contributed by atoms with van der Waals surface area (Å²) < 4.78 is 0. The Hall–Kier alpha value is -3.01. The molecule has 0 atom stereocenters. The first-order valence-electron chi connectivity index (χ1n) is 13.4. The van der Waals surface area contributed by atoms with Crippen LogP contribution in [0.4, 0.5) is 11.4 Å². The molecule has 0 aromatic heterocycles. The fraction of sp³-hybridized carbons (Fsp3) is 0.452. The molecule has 0 bridgehead atoms. The van der Waals surface area contributed by atoms with Crippen molar-refractivity contribution in [3.63, 3.8) is 0 Å². The highest BCUT2D eigenvalue weighted by molar-refractivity contribution is 6.35. The zero-order valence-electron chi connectivity index (χ0n) is 20.7. The maximum atomic E-state index is 12.8. The van der Waals surface area contributed by atoms with Crippen molar-refractivity contribution in [2.75, 3.05) is 5.32 Å². The van der Waals surface area contributed by atoms with Crippen LogP contribution in [0.5, 0.6) is 0 Å². The molecule has 1 heterocycles. The molecule has 182 valence electrons. The first kappa shape index (κ1) is 23.7. The van der Waals surface area contributed by atoms with Crippen molar-refractivity contribution in [3.8, 4) is 0 Å². The van der Waals surface area contributed by atoms with Crippen LogP contribution in [0.3, 0.4) is 0 Å². The third-order valence-corrected chi connectivity index (χ3v) is 8.00. The number of carbonyl (C=O) groups is 2. The van der Waals surface area contributed by atoms with Gasteiger partial charge in [-0.3, -0.25) is 9.59 Å². The molecule has 0 radical (unpaired) electrons. The molecule has 3 aliphatic rings. The normalized spacial score (nSPS) is 19.1. The van der Waals surface area contributed by atoms with Crippen LogP contribution in [0.15, 0.2) is 54.0 Å². The molecule has 4 heteroatoms. The second-order valence-corrected chi connectivity index (χ2v) is 10.5. The van der Waals surface area contributed by atoms with Crippen molar-refractivity contribution < 1.29 is 9.59 Å². The highest BCUT2D eigenvalue weighted by Crippen LogP contribution is 2.37. The Balaban J connectivity index is 1.25. The molecule has 0 unspecified atom stereocenters. The Labute approximate surface area is 208 Å². The van der Waals surface area contributed by atoms with Crippen LogP contribution in [-0.2, 0) is 16.0 Å². The molecule has 2 aromatic rings. The van der Waals surface area contributed by atoms with Gasteiger partial charge in [0, 0.05) is 40.6 Å². The van der Waals surface area contributed by atoms with Gasteiger partial charge in [-0.15, -0.1) is 0 Å². The van der Waals surface area contributed by atoms with Crippen LogP contribution in [0.25, 0.3) is 5.57 Å². The second kappa shape index (κ2) is 10.7. The number of anilines is 1. The van der Waals surface area contributed by atoms with Crippen molar-refractivity contribution >= 4 is 34.3 Å². The number of hydrogen-bond acceptors (Lipinski definition) is 3. The van der Waals surface area contributed by atoms with E-state index in [1.165, 1.54) is 32.1 Å². The molecular formula is C31H36N2O2. The fourth-order valence-electron chi connectivity index (χ4n) is 5.86. The van der Waals surface area contributed by atoms with Gasteiger partial charge in [0.2, 0.25) is 5.91 Å². The predicted molar refractivity (Wildman–Crippen MR) is 143 cm³/mol. The largest absolute Gasteiger partial charge is 0.326 e. The van der Waals surface area contributed by atoms with E-state index in [0.29, 0.717) is 12.2 Å². The predicted octanol–water partition coefficient (Wildman–Crippen LogP) is 7.44. The molecule has 0 spiro atoms. The van der Waals surface area contributed by atoms with E-state index in [0.717, 1.165) is 77.9 Å². The van der Waals surface area contributed by atoms with E-state index in [2.05, 4.69) is 30.1 Å². The average molecular weight is 469 g/mol. The summed E-state index contributed by atoms with van der Waals surface area (Å²) in [5, 5.41) is 3.10. The smallest absolute Gasteiger partial charge is 0.227 e. The summed E-state index contributed by atoms with van der Waals surface area (Å²) >= 11 is 0. The lowest BCUT2D eigenvalue weighted by molar-refractivity contribution is -0.123. The monoisotopic (exact) mass is 468 g/mol. The number of fused-ring (bicyclic) bond motifs is 1. The number of hydrogen-bond donors (Lipinski definition) is 1. The topological polar surface area (TPSA) is 58.5 Å². The van der Waals surface area contributed by atoms with Gasteiger partial charge in [0.05, 0.1) is 11.4 Å². The van der Waals surface area contributed by atoms with Crippen molar-refractivity contribution in [2.24, 2.45) is 16.8 Å². The van der Waals surface area contributed by atoms with Crippen LogP contribution in [0, 0.1) is 11.8 Å². The van der Waals surface area contributed by atoms with Gasteiger partial charge in [0.25, 0.3) is 0 Å². The highest BCUT2D eigenvalue weighted by atomic mass is 16.2. The van der Waals surface area contributed by atoms with Gasteiger partial charge >= 0.3 is 0 Å². The summed E-state index contributed by atoms with van der Waals surface area (Å²) in [6.07, 6.45) is 13.0. The number of ketones is 1. The summed E-state index contributed by atoms with van der Waals surface area (Å²) in [5.74, 6) is 0.870. The molecule has 35 heavy (non-hydrogen) atoms. The zero-order valence-corrected chi connectivity index (χ0v) is 20.7. The van der Waals surface area contributed by atoms with Gasteiger partial charge in [0.15, 0.2) is 0 Å². The highest BCUT2D eigenvalue weighted by Gasteiger charge is 2.24. The van der Waals surface area contributed by atoms with Gasteiger partial charge in [-0.1, -0.05) is 75.8 Å². The van der Waals surface area contributed by atoms with Crippen molar-refractivity contribution in [1.82, 2.24) is 0 Å². The first-order chi connectivity index (χ1) is 17.1. The van der Waals surface area contributed by atoms with Gasteiger partial charge in [-0.05, 0) is 49.4 Å². The van der Waals surface area contributed by atoms with Crippen molar-refractivity contribution in [1.29, 1.82) is 0 Å². The molecule has 2 fully saturated rings. The van der Waals surface area contributed by atoms with E-state index in [-0.39, 0.29) is 17.7 Å². The SMILES string of the molecule is C=C1C(c2ccc(NC(=O)C3CCCCCC3)cc2)=Nc2cc(CC(=O)C3CCCCC3)ccc21. The zero-order chi connectivity index (χ0) is 24.2. The molecule has 1 N–H and O–H groups in total. The third-order valence-electron chi connectivity index (χ3n) is 8.00. The molecular weight excluding hydrogens is 432 g/mol. The number of Topliss-reactive ketones (excluding diaryl/α,β-unsaturated/α-hetero) is 1. The molecule has 1 aliphatic heterocycles. The lowest BCUT2D eigenvalue weighted by atomic mass is 9.84. The Morgan fingerprint density at radius 3 is 2.14 bits per heavy atom. The molecule has 1 amide bonds. The van der Waals surface area contributed by atoms with Crippen LogP contribution in [0.2, 0.25) is 0 Å². The van der Waals surface area contributed by atoms with E-state index in [9.17, 15) is 9.59 Å². The molecule has 2 aliphatic carbocycles. The number of amides is 1. The minimum atomic E-state index is 0.129. The van der Waals surface area contributed by atoms with Gasteiger partial charge < -0.3 is 5.32 Å². The minimum Gasteiger partial charge on any atom is -0.326 e. The lowest BCUT2D eigenvalue weighted by Crippen LogP contribution is -2.22. The first-order valence-corrected chi connectivity index (χ1v) is 13.4. The van der Waals surface area contributed by atoms with Crippen molar-refractivity contribution in [3.05, 3.63) is 65.7 Å². The van der Waals surface area contributed by atoms with E-state index in [4.69, 9.17) is 4.99 Å². The number of nitrogens with one attached hydrogen (secondary N) is 1. The summed E-state index contributed by atoms with van der Waals surface area (Å²) in [6, 6.07) is 14.1. The Kier molecular flexibility index (Phi) is 7.26. The Morgan fingerprint density at radius 1 is 0.829 bits per heavy atom. The summed E-state index contributed by atoms with van der Waals surface area (Å²) in [5.41, 5.74) is 6.53. The van der Waals surface area contributed by atoms with E-state index in [1.807, 2.05) is 24.3 Å². The lowest BCUT2D eigenvalue weighted by Gasteiger charge is -2.20. The molecule has 5 rings (SSSR count). The summed E-state index contributed by atoms with van der Waals surface area (Å²) in [6.45, 7) is 4.29. The number of aliphatic imine (C=N–C) groups is 1. The Bertz CT molecular complexity index is 1130. The minimum absolute atomic E-state index is 0.129. The standard InChI is InChI=1S/C31H36N2O2/c1-21-27-18-13-22(20-29(34)23-9-7-4-8-10-23)19-28(27)33-30(21)24-14-16-26(17-15-24)32-31(35)25-11-5-2-3-6-12-25/h13-19,23,25H,1-12,20H2,(H,32,35). The van der Waals surface area contributed by atoms with Gasteiger partial charge in [0.1, 0.15) is 5.78 Å². The van der Waals surface area contributed by atoms with Crippen LogP contribution >= 0.6 is 0 Å². The van der Waals surface area contributed by atoms with Crippen LogP contribution < -0.4 is 5.32 Å². The van der Waals surface area contributed by atoms with E-state index in [1.54, 1.807) is 0 Å². The molecule has 0 saturated heterocycles. The number of allylic oxidation sites excluding steroid dienone is 1. The quantitative estimate of drug-likeness (QED) is 0.448. The summed E-state index contributed by atoms with van der Waals surface area (Å²) in [7, 11) is 0. The van der Waals surface area contributed by atoms with Crippen molar-refractivity contribution in [2.45, 2.75) is 77.0 Å². The number of rotatable bonds is 6.